The molecule has 1 aliphatic carbocycles. The molecular weight excluding hydrogens is 288 g/mol. The van der Waals surface area contributed by atoms with Gasteiger partial charge in [-0.25, -0.2) is 0 Å². The molecule has 2 aromatic heterocycles. The fraction of sp³-hybridized carbons (Fsp3) is 0.333. The Morgan fingerprint density at radius 3 is 2.78 bits per heavy atom. The molecular formula is C18H20N4O. The van der Waals surface area contributed by atoms with Gasteiger partial charge < -0.3 is 14.6 Å². The Hall–Kier alpha value is -2.56. The zero-order chi connectivity index (χ0) is 15.8. The minimum Gasteiger partial charge on any atom is -0.423 e. The average Bonchev–Trinajstić information content (AvgIpc) is 3.31. The van der Waals surface area contributed by atoms with Gasteiger partial charge >= 0.3 is 0 Å². The maximum atomic E-state index is 5.71. The molecule has 0 spiro atoms. The van der Waals surface area contributed by atoms with Crippen molar-refractivity contribution in [1.82, 2.24) is 9.97 Å². The molecule has 3 aromatic rings. The monoisotopic (exact) mass is 308 g/mol. The second kappa shape index (κ2) is 5.57. The van der Waals surface area contributed by atoms with E-state index in [9.17, 15) is 0 Å². The number of benzene rings is 1. The van der Waals surface area contributed by atoms with Crippen molar-refractivity contribution in [2.75, 3.05) is 24.3 Å². The minimum atomic E-state index is 0.258. The molecule has 2 heterocycles. The highest BCUT2D eigenvalue weighted by atomic mass is 16.4. The quantitative estimate of drug-likeness (QED) is 0.776. The highest BCUT2D eigenvalue weighted by Gasteiger charge is 2.33. The van der Waals surface area contributed by atoms with Crippen LogP contribution in [-0.4, -0.2) is 24.1 Å². The number of aromatic nitrogens is 2. The highest BCUT2D eigenvalue weighted by Crippen LogP contribution is 2.42. The van der Waals surface area contributed by atoms with E-state index in [0.29, 0.717) is 11.9 Å². The summed E-state index contributed by atoms with van der Waals surface area (Å²) in [5.41, 5.74) is 3.83. The largest absolute Gasteiger partial charge is 0.423 e. The predicted octanol–water partition coefficient (Wildman–Crippen LogP) is 3.85. The van der Waals surface area contributed by atoms with Gasteiger partial charge in [0.2, 0.25) is 0 Å². The molecule has 1 N–H and O–H groups in total. The van der Waals surface area contributed by atoms with Crippen LogP contribution in [-0.2, 0) is 0 Å². The number of pyridine rings is 1. The Labute approximate surface area is 135 Å². The van der Waals surface area contributed by atoms with E-state index in [2.05, 4.69) is 21.4 Å². The molecule has 1 fully saturated rings. The van der Waals surface area contributed by atoms with E-state index in [4.69, 9.17) is 4.42 Å². The lowest BCUT2D eigenvalue weighted by molar-refractivity contribution is 0.597. The third kappa shape index (κ3) is 2.86. The zero-order valence-electron chi connectivity index (χ0n) is 13.4. The number of rotatable bonds is 5. The van der Waals surface area contributed by atoms with Crippen LogP contribution >= 0.6 is 0 Å². The van der Waals surface area contributed by atoms with Gasteiger partial charge in [0.1, 0.15) is 5.52 Å². The Balaban J connectivity index is 1.63. The van der Waals surface area contributed by atoms with Crippen molar-refractivity contribution in [1.29, 1.82) is 0 Å². The molecule has 0 saturated heterocycles. The summed E-state index contributed by atoms with van der Waals surface area (Å²) < 4.78 is 5.71. The molecule has 1 aliphatic rings. The van der Waals surface area contributed by atoms with Crippen molar-refractivity contribution in [2.24, 2.45) is 5.92 Å². The highest BCUT2D eigenvalue weighted by molar-refractivity contribution is 5.79. The summed E-state index contributed by atoms with van der Waals surface area (Å²) in [4.78, 5) is 10.9. The number of oxazole rings is 1. The maximum absolute atomic E-state index is 5.71. The van der Waals surface area contributed by atoms with Crippen molar-refractivity contribution < 1.29 is 4.42 Å². The van der Waals surface area contributed by atoms with E-state index >= 15 is 0 Å². The number of fused-ring (bicyclic) bond motifs is 1. The standard InChI is InChI=1S/C18H20N4O/c1-22(2)18-21-15-11-13(8-9-16(15)23-18)20-17(12-6-7-12)14-5-3-4-10-19-14/h3-5,8-12,17,20H,6-7H2,1-2H3. The fourth-order valence-electron chi connectivity index (χ4n) is 2.80. The Morgan fingerprint density at radius 2 is 2.09 bits per heavy atom. The Bertz CT molecular complexity index is 808. The summed E-state index contributed by atoms with van der Waals surface area (Å²) in [6.07, 6.45) is 4.37. The van der Waals surface area contributed by atoms with Crippen LogP contribution in [0.2, 0.25) is 0 Å². The van der Waals surface area contributed by atoms with Crippen molar-refractivity contribution >= 4 is 22.8 Å². The fourth-order valence-corrected chi connectivity index (χ4v) is 2.80. The average molecular weight is 308 g/mol. The van der Waals surface area contributed by atoms with Crippen LogP contribution in [0.15, 0.2) is 47.0 Å². The molecule has 118 valence electrons. The lowest BCUT2D eigenvalue weighted by Gasteiger charge is -2.19. The second-order valence-corrected chi connectivity index (χ2v) is 6.29. The smallest absolute Gasteiger partial charge is 0.297 e. The number of nitrogens with one attached hydrogen (secondary N) is 1. The molecule has 0 bridgehead atoms. The molecule has 1 unspecified atom stereocenters. The predicted molar refractivity (Wildman–Crippen MR) is 91.7 cm³/mol. The van der Waals surface area contributed by atoms with Gasteiger partial charge in [0.15, 0.2) is 5.58 Å². The van der Waals surface area contributed by atoms with Gasteiger partial charge in [0, 0.05) is 26.0 Å². The molecule has 1 aromatic carbocycles. The van der Waals surface area contributed by atoms with Gasteiger partial charge in [-0.3, -0.25) is 4.98 Å². The molecule has 0 radical (unpaired) electrons. The lowest BCUT2D eigenvalue weighted by Crippen LogP contribution is -2.14. The molecule has 5 nitrogen and oxygen atoms in total. The topological polar surface area (TPSA) is 54.2 Å². The Kier molecular flexibility index (Phi) is 3.41. The van der Waals surface area contributed by atoms with E-state index in [1.54, 1.807) is 0 Å². The first kappa shape index (κ1) is 14.1. The lowest BCUT2D eigenvalue weighted by atomic mass is 10.1. The molecule has 0 amide bonds. The van der Waals surface area contributed by atoms with Gasteiger partial charge in [-0.2, -0.15) is 4.98 Å². The molecule has 0 aliphatic heterocycles. The third-order valence-corrected chi connectivity index (χ3v) is 4.18. The molecule has 4 rings (SSSR count). The number of hydrogen-bond acceptors (Lipinski definition) is 5. The van der Waals surface area contributed by atoms with Crippen molar-refractivity contribution in [3.05, 3.63) is 48.3 Å². The molecule has 5 heteroatoms. The number of anilines is 2. The SMILES string of the molecule is CN(C)c1nc2cc(NC(c3ccccn3)C3CC3)ccc2o1. The summed E-state index contributed by atoms with van der Waals surface area (Å²) in [6.45, 7) is 0. The van der Waals surface area contributed by atoms with Crippen LogP contribution in [0.3, 0.4) is 0 Å². The van der Waals surface area contributed by atoms with Crippen LogP contribution in [0.25, 0.3) is 11.1 Å². The first-order valence-corrected chi connectivity index (χ1v) is 7.96. The Morgan fingerprint density at radius 1 is 1.22 bits per heavy atom. The van der Waals surface area contributed by atoms with E-state index < -0.39 is 0 Å². The van der Waals surface area contributed by atoms with Gasteiger partial charge in [-0.05, 0) is 49.1 Å². The van der Waals surface area contributed by atoms with Gasteiger partial charge in [0.05, 0.1) is 11.7 Å². The van der Waals surface area contributed by atoms with E-state index in [-0.39, 0.29) is 6.04 Å². The summed E-state index contributed by atoms with van der Waals surface area (Å²) in [5.74, 6) is 0.662. The zero-order valence-corrected chi connectivity index (χ0v) is 13.4. The third-order valence-electron chi connectivity index (χ3n) is 4.18. The van der Waals surface area contributed by atoms with Crippen molar-refractivity contribution in [3.63, 3.8) is 0 Å². The van der Waals surface area contributed by atoms with Crippen molar-refractivity contribution in [2.45, 2.75) is 18.9 Å². The number of hydrogen-bond donors (Lipinski definition) is 1. The minimum absolute atomic E-state index is 0.258. The summed E-state index contributed by atoms with van der Waals surface area (Å²) in [6, 6.07) is 13.0. The number of nitrogens with zero attached hydrogens (tertiary/aromatic N) is 3. The summed E-state index contributed by atoms with van der Waals surface area (Å²) in [7, 11) is 3.85. The van der Waals surface area contributed by atoms with Crippen LogP contribution in [0.4, 0.5) is 11.7 Å². The van der Waals surface area contributed by atoms with E-state index in [1.807, 2.05) is 55.5 Å². The van der Waals surface area contributed by atoms with E-state index in [1.165, 1.54) is 12.8 Å². The maximum Gasteiger partial charge on any atom is 0.297 e. The first-order valence-electron chi connectivity index (χ1n) is 7.96. The van der Waals surface area contributed by atoms with Crippen LogP contribution < -0.4 is 10.2 Å². The summed E-state index contributed by atoms with van der Waals surface area (Å²) >= 11 is 0. The van der Waals surface area contributed by atoms with Gasteiger partial charge in [-0.15, -0.1) is 0 Å². The summed E-state index contributed by atoms with van der Waals surface area (Å²) in [5, 5.41) is 3.63. The molecule has 1 saturated carbocycles. The van der Waals surface area contributed by atoms with Crippen LogP contribution in [0.1, 0.15) is 24.6 Å². The first-order chi connectivity index (χ1) is 11.2. The van der Waals surface area contributed by atoms with E-state index in [0.717, 1.165) is 22.5 Å². The van der Waals surface area contributed by atoms with Crippen LogP contribution in [0, 0.1) is 5.92 Å². The van der Waals surface area contributed by atoms with Crippen molar-refractivity contribution in [3.8, 4) is 0 Å². The van der Waals surface area contributed by atoms with Gasteiger partial charge in [-0.1, -0.05) is 6.07 Å². The normalized spacial score (nSPS) is 15.6. The van der Waals surface area contributed by atoms with Gasteiger partial charge in [0.25, 0.3) is 6.01 Å². The molecule has 1 atom stereocenters. The second-order valence-electron chi connectivity index (χ2n) is 6.29. The van der Waals surface area contributed by atoms with Crippen LogP contribution in [0.5, 0.6) is 0 Å². The molecule has 23 heavy (non-hydrogen) atoms.